The molecule has 0 saturated carbocycles. The summed E-state index contributed by atoms with van der Waals surface area (Å²) in [5.74, 6) is -0.985. The minimum absolute atomic E-state index is 0.196. The molecule has 0 aliphatic carbocycles. The zero-order valence-corrected chi connectivity index (χ0v) is 29.6. The van der Waals surface area contributed by atoms with Gasteiger partial charge in [0.1, 0.15) is 6.61 Å². The fourth-order valence-electron chi connectivity index (χ4n) is 5.93. The number of nitrogens with zero attached hydrogens (tertiary/aromatic N) is 4. The van der Waals surface area contributed by atoms with Crippen LogP contribution in [0, 0.1) is 0 Å². The van der Waals surface area contributed by atoms with E-state index in [2.05, 4.69) is 33.7 Å². The number of likely N-dealkylation sites (tertiary alicyclic amines) is 2. The lowest BCUT2D eigenvalue weighted by Gasteiger charge is -2.37. The maximum atomic E-state index is 12.5. The predicted molar refractivity (Wildman–Crippen MR) is 178 cm³/mol. The van der Waals surface area contributed by atoms with Gasteiger partial charge in [0.15, 0.2) is 0 Å². The molecule has 272 valence electrons. The van der Waals surface area contributed by atoms with Crippen molar-refractivity contribution in [2.75, 3.05) is 107 Å². The Hall–Kier alpha value is -2.32. The van der Waals surface area contributed by atoms with E-state index in [4.69, 9.17) is 23.7 Å². The van der Waals surface area contributed by atoms with E-state index in [1.807, 2.05) is 6.92 Å². The van der Waals surface area contributed by atoms with Gasteiger partial charge in [-0.2, -0.15) is 0 Å². The Kier molecular flexibility index (Phi) is 21.5. The van der Waals surface area contributed by atoms with Crippen LogP contribution in [0.4, 0.5) is 0 Å². The molecule has 0 atom stereocenters. The number of rotatable bonds is 24. The van der Waals surface area contributed by atoms with Crippen LogP contribution in [0.2, 0.25) is 0 Å². The molecule has 2 aliphatic rings. The Bertz CT molecular complexity index is 893. The second-order valence-electron chi connectivity index (χ2n) is 12.7. The van der Waals surface area contributed by atoms with E-state index in [9.17, 15) is 19.2 Å². The molecule has 0 radical (unpaired) electrons. The van der Waals surface area contributed by atoms with Crippen molar-refractivity contribution in [3.8, 4) is 0 Å². The molecule has 2 heterocycles. The largest absolute Gasteiger partial charge is 0.466 e. The molecule has 2 aliphatic heterocycles. The van der Waals surface area contributed by atoms with Crippen LogP contribution >= 0.6 is 0 Å². The minimum atomic E-state index is -0.268. The first-order valence-corrected chi connectivity index (χ1v) is 17.7. The SMILES string of the molecule is CCCOC(=O)CCN(CCC(=O)OCCCCOC(=O)CCN(CCC(=O)OCCOC)C1CCN(C)CC1)C1CCN(C)CC1. The summed E-state index contributed by atoms with van der Waals surface area (Å²) in [6.45, 7) is 9.74. The number of hydrogen-bond donors (Lipinski definition) is 0. The van der Waals surface area contributed by atoms with E-state index in [1.54, 1.807) is 7.11 Å². The van der Waals surface area contributed by atoms with E-state index >= 15 is 0 Å². The average molecular weight is 671 g/mol. The van der Waals surface area contributed by atoms with Crippen LogP contribution in [0.5, 0.6) is 0 Å². The molecule has 13 heteroatoms. The molecule has 2 rings (SSSR count). The highest BCUT2D eigenvalue weighted by Gasteiger charge is 2.26. The molecule has 2 saturated heterocycles. The van der Waals surface area contributed by atoms with E-state index in [-0.39, 0.29) is 63.0 Å². The molecule has 2 fully saturated rings. The summed E-state index contributed by atoms with van der Waals surface area (Å²) in [7, 11) is 5.78. The molecule has 0 spiro atoms. The van der Waals surface area contributed by atoms with Crippen molar-refractivity contribution in [1.29, 1.82) is 0 Å². The van der Waals surface area contributed by atoms with Gasteiger partial charge in [-0.15, -0.1) is 0 Å². The summed E-state index contributed by atoms with van der Waals surface area (Å²) >= 11 is 0. The topological polar surface area (TPSA) is 127 Å². The third-order valence-corrected chi connectivity index (χ3v) is 8.90. The van der Waals surface area contributed by atoms with Gasteiger partial charge in [0.05, 0.1) is 52.1 Å². The summed E-state index contributed by atoms with van der Waals surface area (Å²) in [6, 6.07) is 0.658. The number of carbonyl (C=O) groups is 4. The average Bonchev–Trinajstić information content (AvgIpc) is 3.06. The van der Waals surface area contributed by atoms with Gasteiger partial charge in [-0.05, 0) is 85.2 Å². The van der Waals surface area contributed by atoms with Gasteiger partial charge in [0.25, 0.3) is 0 Å². The van der Waals surface area contributed by atoms with Crippen molar-refractivity contribution in [3.05, 3.63) is 0 Å². The number of unbranched alkanes of at least 4 members (excludes halogenated alkanes) is 1. The lowest BCUT2D eigenvalue weighted by Crippen LogP contribution is -2.45. The Morgan fingerprint density at radius 2 is 0.894 bits per heavy atom. The summed E-state index contributed by atoms with van der Waals surface area (Å²) in [5, 5.41) is 0. The fraction of sp³-hybridized carbons (Fsp3) is 0.882. The molecule has 0 aromatic rings. The second kappa shape index (κ2) is 24.8. The van der Waals surface area contributed by atoms with Crippen LogP contribution in [0.3, 0.4) is 0 Å². The maximum absolute atomic E-state index is 12.5. The van der Waals surface area contributed by atoms with Gasteiger partial charge in [0.2, 0.25) is 0 Å². The van der Waals surface area contributed by atoms with Crippen molar-refractivity contribution < 1.29 is 42.9 Å². The zero-order chi connectivity index (χ0) is 34.3. The van der Waals surface area contributed by atoms with E-state index in [1.165, 1.54) is 0 Å². The summed E-state index contributed by atoms with van der Waals surface area (Å²) in [4.78, 5) is 58.2. The van der Waals surface area contributed by atoms with E-state index in [0.29, 0.717) is 70.7 Å². The van der Waals surface area contributed by atoms with Crippen LogP contribution in [-0.4, -0.2) is 162 Å². The maximum Gasteiger partial charge on any atom is 0.307 e. The standard InChI is InChI=1S/C34H62N4O9/c1-5-24-44-31(39)12-20-37(29-8-16-35(2)17-9-29)21-13-32(40)45-25-6-7-26-46-33(41)14-22-38(30-10-18-36(3)19-11-30)23-15-34(42)47-28-27-43-4/h29-30H,5-28H2,1-4H3. The zero-order valence-electron chi connectivity index (χ0n) is 29.6. The molecule has 0 aromatic carbocycles. The van der Waals surface area contributed by atoms with Gasteiger partial charge >= 0.3 is 23.9 Å². The summed E-state index contributed by atoms with van der Waals surface area (Å²) in [6.07, 6.45) is 7.12. The Labute approximate surface area is 282 Å². The van der Waals surface area contributed by atoms with Gasteiger partial charge in [-0.25, -0.2) is 0 Å². The smallest absolute Gasteiger partial charge is 0.307 e. The Balaban J connectivity index is 1.64. The monoisotopic (exact) mass is 670 g/mol. The van der Waals surface area contributed by atoms with E-state index in [0.717, 1.165) is 58.3 Å². The highest BCUT2D eigenvalue weighted by atomic mass is 16.6. The molecule has 0 N–H and O–H groups in total. The molecule has 0 amide bonds. The normalized spacial score (nSPS) is 16.8. The highest BCUT2D eigenvalue weighted by Crippen LogP contribution is 2.18. The summed E-state index contributed by atoms with van der Waals surface area (Å²) in [5.41, 5.74) is 0. The van der Waals surface area contributed by atoms with Gasteiger partial charge in [0, 0.05) is 45.4 Å². The van der Waals surface area contributed by atoms with Gasteiger partial charge in [-0.1, -0.05) is 6.92 Å². The first-order chi connectivity index (χ1) is 22.7. The Morgan fingerprint density at radius 3 is 1.23 bits per heavy atom. The first-order valence-electron chi connectivity index (χ1n) is 17.7. The van der Waals surface area contributed by atoms with Crippen LogP contribution in [0.1, 0.15) is 77.6 Å². The van der Waals surface area contributed by atoms with Crippen molar-refractivity contribution in [1.82, 2.24) is 19.6 Å². The van der Waals surface area contributed by atoms with Crippen LogP contribution in [0.15, 0.2) is 0 Å². The quantitative estimate of drug-likeness (QED) is 0.0848. The van der Waals surface area contributed by atoms with Crippen molar-refractivity contribution >= 4 is 23.9 Å². The van der Waals surface area contributed by atoms with Gasteiger partial charge in [-0.3, -0.25) is 29.0 Å². The third kappa shape index (κ3) is 18.7. The van der Waals surface area contributed by atoms with Crippen LogP contribution in [-0.2, 0) is 42.9 Å². The molecular weight excluding hydrogens is 608 g/mol. The number of piperidine rings is 2. The fourth-order valence-corrected chi connectivity index (χ4v) is 5.93. The Morgan fingerprint density at radius 1 is 0.553 bits per heavy atom. The molecule has 0 bridgehead atoms. The van der Waals surface area contributed by atoms with Gasteiger partial charge < -0.3 is 33.5 Å². The van der Waals surface area contributed by atoms with E-state index < -0.39 is 0 Å². The molecule has 0 aromatic heterocycles. The number of ether oxygens (including phenoxy) is 5. The predicted octanol–water partition coefficient (Wildman–Crippen LogP) is 2.35. The highest BCUT2D eigenvalue weighted by molar-refractivity contribution is 5.71. The molecule has 13 nitrogen and oxygen atoms in total. The molecule has 0 unspecified atom stereocenters. The number of hydrogen-bond acceptors (Lipinski definition) is 13. The number of carbonyl (C=O) groups excluding carboxylic acids is 4. The molecular formula is C34H62N4O9. The first kappa shape index (κ1) is 40.9. The lowest BCUT2D eigenvalue weighted by molar-refractivity contribution is -0.147. The van der Waals surface area contributed by atoms with Crippen molar-refractivity contribution in [3.63, 3.8) is 0 Å². The second-order valence-corrected chi connectivity index (χ2v) is 12.7. The van der Waals surface area contributed by atoms with Crippen LogP contribution < -0.4 is 0 Å². The number of methoxy groups -OCH3 is 1. The lowest BCUT2D eigenvalue weighted by atomic mass is 10.0. The minimum Gasteiger partial charge on any atom is -0.466 e. The summed E-state index contributed by atoms with van der Waals surface area (Å²) < 4.78 is 26.3. The number of esters is 4. The van der Waals surface area contributed by atoms with Crippen LogP contribution in [0.25, 0.3) is 0 Å². The van der Waals surface area contributed by atoms with Crippen molar-refractivity contribution in [2.24, 2.45) is 0 Å². The third-order valence-electron chi connectivity index (χ3n) is 8.90. The molecule has 47 heavy (non-hydrogen) atoms. The van der Waals surface area contributed by atoms with Crippen molar-refractivity contribution in [2.45, 2.75) is 89.6 Å².